The van der Waals surface area contributed by atoms with E-state index < -0.39 is 0 Å². The largest absolute Gasteiger partial charge is 0.494 e. The molecular formula is C21H22N4O2S. The Morgan fingerprint density at radius 1 is 1.18 bits per heavy atom. The van der Waals surface area contributed by atoms with Crippen LogP contribution in [-0.2, 0) is 12.8 Å². The van der Waals surface area contributed by atoms with Crippen LogP contribution in [-0.4, -0.2) is 38.4 Å². The molecule has 0 aliphatic heterocycles. The van der Waals surface area contributed by atoms with E-state index in [0.29, 0.717) is 10.9 Å². The standard InChI is InChI=1S/C21H22N4O2S/c1-13-7-10-19(27-3)18(11-13)25-21(22-23-24-25)28-14(2)20(26)17-9-8-15-5-4-6-16(15)12-17/h7-12,14H,4-6H2,1-3H3/t14-/m0/s1. The predicted octanol–water partition coefficient (Wildman–Crippen LogP) is 3.83. The lowest BCUT2D eigenvalue weighted by Crippen LogP contribution is -2.15. The number of fused-ring (bicyclic) bond motifs is 1. The molecular weight excluding hydrogens is 372 g/mol. The van der Waals surface area contributed by atoms with Crippen molar-refractivity contribution in [2.75, 3.05) is 7.11 Å². The van der Waals surface area contributed by atoms with Crippen molar-refractivity contribution >= 4 is 17.5 Å². The summed E-state index contributed by atoms with van der Waals surface area (Å²) in [6, 6.07) is 11.9. The highest BCUT2D eigenvalue weighted by Crippen LogP contribution is 2.30. The highest BCUT2D eigenvalue weighted by molar-refractivity contribution is 8.00. The number of aryl methyl sites for hydroxylation is 3. The average molecular weight is 395 g/mol. The minimum atomic E-state index is -0.306. The van der Waals surface area contributed by atoms with E-state index in [1.54, 1.807) is 11.8 Å². The topological polar surface area (TPSA) is 69.9 Å². The van der Waals surface area contributed by atoms with E-state index in [4.69, 9.17) is 4.74 Å². The summed E-state index contributed by atoms with van der Waals surface area (Å²) in [5.41, 5.74) is 5.26. The van der Waals surface area contributed by atoms with Crippen LogP contribution in [0, 0.1) is 6.92 Å². The van der Waals surface area contributed by atoms with E-state index in [-0.39, 0.29) is 11.0 Å². The van der Waals surface area contributed by atoms with Gasteiger partial charge in [-0.25, -0.2) is 0 Å². The van der Waals surface area contributed by atoms with Crippen LogP contribution in [0.2, 0.25) is 0 Å². The van der Waals surface area contributed by atoms with Gasteiger partial charge in [0.15, 0.2) is 5.78 Å². The van der Waals surface area contributed by atoms with E-state index in [0.717, 1.165) is 29.7 Å². The zero-order valence-corrected chi connectivity index (χ0v) is 17.0. The van der Waals surface area contributed by atoms with E-state index >= 15 is 0 Å². The molecule has 0 saturated carbocycles. The van der Waals surface area contributed by atoms with Crippen molar-refractivity contribution in [1.82, 2.24) is 20.2 Å². The van der Waals surface area contributed by atoms with Crippen molar-refractivity contribution in [3.8, 4) is 11.4 Å². The Morgan fingerprint density at radius 3 is 2.82 bits per heavy atom. The molecule has 3 aromatic rings. The summed E-state index contributed by atoms with van der Waals surface area (Å²) in [7, 11) is 1.62. The number of carbonyl (C=O) groups excluding carboxylic acids is 1. The number of rotatable bonds is 6. The molecule has 1 aliphatic carbocycles. The van der Waals surface area contributed by atoms with Crippen LogP contribution in [0.3, 0.4) is 0 Å². The molecule has 6 nitrogen and oxygen atoms in total. The number of hydrogen-bond donors (Lipinski definition) is 0. The maximum Gasteiger partial charge on any atom is 0.214 e. The Kier molecular flexibility index (Phi) is 5.17. The van der Waals surface area contributed by atoms with Crippen molar-refractivity contribution in [2.45, 2.75) is 43.5 Å². The lowest BCUT2D eigenvalue weighted by atomic mass is 10.0. The molecule has 4 rings (SSSR count). The second-order valence-corrected chi connectivity index (χ2v) is 8.32. The molecule has 1 aliphatic rings. The van der Waals surface area contributed by atoms with Crippen LogP contribution in [0.4, 0.5) is 0 Å². The number of aromatic nitrogens is 4. The number of tetrazole rings is 1. The molecule has 0 spiro atoms. The number of methoxy groups -OCH3 is 1. The van der Waals surface area contributed by atoms with Gasteiger partial charge in [-0.3, -0.25) is 4.79 Å². The van der Waals surface area contributed by atoms with Crippen molar-refractivity contribution in [2.24, 2.45) is 0 Å². The fourth-order valence-electron chi connectivity index (χ4n) is 3.54. The number of benzene rings is 2. The fraction of sp³-hybridized carbons (Fsp3) is 0.333. The lowest BCUT2D eigenvalue weighted by Gasteiger charge is -2.13. The fourth-order valence-corrected chi connectivity index (χ4v) is 4.42. The normalized spacial score (nSPS) is 14.0. The number of nitrogens with zero attached hydrogens (tertiary/aromatic N) is 4. The van der Waals surface area contributed by atoms with Gasteiger partial charge in [-0.1, -0.05) is 30.0 Å². The lowest BCUT2D eigenvalue weighted by molar-refractivity contribution is 0.0993. The number of thioether (sulfide) groups is 1. The second kappa shape index (κ2) is 7.75. The van der Waals surface area contributed by atoms with Crippen LogP contribution in [0.1, 0.15) is 40.4 Å². The maximum absolute atomic E-state index is 13.0. The minimum Gasteiger partial charge on any atom is -0.494 e. The van der Waals surface area contributed by atoms with Crippen molar-refractivity contribution < 1.29 is 9.53 Å². The van der Waals surface area contributed by atoms with Gasteiger partial charge in [0.25, 0.3) is 0 Å². The molecule has 2 aromatic carbocycles. The van der Waals surface area contributed by atoms with Gasteiger partial charge in [0, 0.05) is 5.56 Å². The molecule has 1 atom stereocenters. The molecule has 0 amide bonds. The molecule has 0 bridgehead atoms. The molecule has 1 aromatic heterocycles. The van der Waals surface area contributed by atoms with E-state index in [1.807, 2.05) is 44.2 Å². The van der Waals surface area contributed by atoms with Crippen LogP contribution >= 0.6 is 11.8 Å². The predicted molar refractivity (Wildman–Crippen MR) is 109 cm³/mol. The zero-order chi connectivity index (χ0) is 19.7. The third-order valence-electron chi connectivity index (χ3n) is 5.04. The smallest absolute Gasteiger partial charge is 0.214 e. The molecule has 1 heterocycles. The highest BCUT2D eigenvalue weighted by atomic mass is 32.2. The summed E-state index contributed by atoms with van der Waals surface area (Å²) in [5, 5.41) is 12.3. The zero-order valence-electron chi connectivity index (χ0n) is 16.2. The quantitative estimate of drug-likeness (QED) is 0.467. The van der Waals surface area contributed by atoms with Crippen LogP contribution in [0.5, 0.6) is 5.75 Å². The first-order chi connectivity index (χ1) is 13.6. The summed E-state index contributed by atoms with van der Waals surface area (Å²) in [4.78, 5) is 13.0. The third-order valence-corrected chi connectivity index (χ3v) is 6.07. The first-order valence-electron chi connectivity index (χ1n) is 9.33. The first-order valence-corrected chi connectivity index (χ1v) is 10.2. The first kappa shape index (κ1) is 18.7. The summed E-state index contributed by atoms with van der Waals surface area (Å²) in [6.07, 6.45) is 3.34. The molecule has 7 heteroatoms. The van der Waals surface area contributed by atoms with Gasteiger partial charge in [-0.2, -0.15) is 4.68 Å². The number of ether oxygens (including phenoxy) is 1. The number of Topliss-reactive ketones (excluding diaryl/α,β-unsaturated/α-hetero) is 1. The molecule has 0 saturated heterocycles. The maximum atomic E-state index is 13.0. The highest BCUT2D eigenvalue weighted by Gasteiger charge is 2.23. The van der Waals surface area contributed by atoms with E-state index in [2.05, 4.69) is 21.6 Å². The molecule has 0 fully saturated rings. The molecule has 144 valence electrons. The van der Waals surface area contributed by atoms with Gasteiger partial charge >= 0.3 is 0 Å². The second-order valence-electron chi connectivity index (χ2n) is 7.01. The van der Waals surface area contributed by atoms with Gasteiger partial charge in [0.2, 0.25) is 5.16 Å². The van der Waals surface area contributed by atoms with Crippen LogP contribution in [0.25, 0.3) is 5.69 Å². The van der Waals surface area contributed by atoms with Crippen molar-refractivity contribution in [1.29, 1.82) is 0 Å². The van der Waals surface area contributed by atoms with Gasteiger partial charge in [-0.15, -0.1) is 5.10 Å². The summed E-state index contributed by atoms with van der Waals surface area (Å²) >= 11 is 1.35. The molecule has 28 heavy (non-hydrogen) atoms. The SMILES string of the molecule is COc1ccc(C)cc1-n1nnnc1S[C@@H](C)C(=O)c1ccc2c(c1)CCC2. The summed E-state index contributed by atoms with van der Waals surface area (Å²) in [6.45, 7) is 3.90. The van der Waals surface area contributed by atoms with Crippen molar-refractivity contribution in [3.63, 3.8) is 0 Å². The Morgan fingerprint density at radius 2 is 2.00 bits per heavy atom. The van der Waals surface area contributed by atoms with Crippen molar-refractivity contribution in [3.05, 3.63) is 58.7 Å². The molecule has 0 N–H and O–H groups in total. The monoisotopic (exact) mass is 394 g/mol. The van der Waals surface area contributed by atoms with E-state index in [9.17, 15) is 4.79 Å². The van der Waals surface area contributed by atoms with Crippen LogP contribution < -0.4 is 4.74 Å². The average Bonchev–Trinajstić information content (AvgIpc) is 3.35. The summed E-state index contributed by atoms with van der Waals surface area (Å²) < 4.78 is 7.08. The minimum absolute atomic E-state index is 0.0884. The van der Waals surface area contributed by atoms with Crippen LogP contribution in [0.15, 0.2) is 41.6 Å². The molecule has 0 radical (unpaired) electrons. The van der Waals surface area contributed by atoms with Gasteiger partial charge in [0.05, 0.1) is 12.4 Å². The van der Waals surface area contributed by atoms with Gasteiger partial charge in [0.1, 0.15) is 11.4 Å². The summed E-state index contributed by atoms with van der Waals surface area (Å²) in [5.74, 6) is 0.766. The Balaban J connectivity index is 1.58. The Labute approximate surface area is 168 Å². The van der Waals surface area contributed by atoms with Gasteiger partial charge < -0.3 is 4.74 Å². The van der Waals surface area contributed by atoms with Gasteiger partial charge in [-0.05, 0) is 78.4 Å². The Bertz CT molecular complexity index is 1030. The number of hydrogen-bond acceptors (Lipinski definition) is 6. The third kappa shape index (κ3) is 3.54. The number of ketones is 1. The molecule has 0 unspecified atom stereocenters. The Hall–Kier alpha value is -2.67. The van der Waals surface area contributed by atoms with E-state index in [1.165, 1.54) is 29.3 Å². The number of carbonyl (C=O) groups is 1.